The topological polar surface area (TPSA) is 51.4 Å². The van der Waals surface area contributed by atoms with Crippen molar-refractivity contribution >= 4 is 17.1 Å². The maximum atomic E-state index is 9.29. The van der Waals surface area contributed by atoms with Crippen LogP contribution in [0.1, 0.15) is 16.7 Å². The Balaban J connectivity index is 1.97. The van der Waals surface area contributed by atoms with E-state index in [2.05, 4.69) is 28.4 Å². The molecular formula is C20H18N4. The molecule has 2 aliphatic rings. The first-order valence-electron chi connectivity index (χ1n) is 8.22. The Morgan fingerprint density at radius 2 is 1.62 bits per heavy atom. The molecule has 1 N–H and O–H groups in total. The molecule has 24 heavy (non-hydrogen) atoms. The van der Waals surface area contributed by atoms with Gasteiger partial charge in [-0.2, -0.15) is 5.26 Å². The molecule has 4 rings (SSSR count). The largest absolute Gasteiger partial charge is 0.354 e. The maximum absolute atomic E-state index is 9.29. The number of aliphatic imine (C=N–C) groups is 1. The van der Waals surface area contributed by atoms with Gasteiger partial charge in [0, 0.05) is 49.0 Å². The van der Waals surface area contributed by atoms with Gasteiger partial charge in [-0.1, -0.05) is 42.5 Å². The molecular weight excluding hydrogens is 296 g/mol. The third-order valence-electron chi connectivity index (χ3n) is 4.50. The van der Waals surface area contributed by atoms with Crippen LogP contribution in [0.15, 0.2) is 59.6 Å². The molecule has 0 unspecified atom stereocenters. The van der Waals surface area contributed by atoms with Gasteiger partial charge in [0.05, 0.1) is 11.8 Å². The summed E-state index contributed by atoms with van der Waals surface area (Å²) in [6, 6.07) is 18.5. The molecule has 0 spiro atoms. The number of para-hydroxylation sites is 1. The molecule has 118 valence electrons. The van der Waals surface area contributed by atoms with Crippen LogP contribution in [0.2, 0.25) is 0 Å². The Morgan fingerprint density at radius 3 is 2.38 bits per heavy atom. The summed E-state index contributed by atoms with van der Waals surface area (Å²) in [6.07, 6.45) is 1.63. The van der Waals surface area contributed by atoms with Gasteiger partial charge in [0.2, 0.25) is 0 Å². The van der Waals surface area contributed by atoms with Gasteiger partial charge in [0.15, 0.2) is 0 Å². The number of benzene rings is 2. The van der Waals surface area contributed by atoms with Gasteiger partial charge in [0.1, 0.15) is 5.84 Å². The second kappa shape index (κ2) is 6.31. The number of piperazine rings is 1. The number of fused-ring (bicyclic) bond motifs is 2. The lowest BCUT2D eigenvalue weighted by Gasteiger charge is -2.30. The Morgan fingerprint density at radius 1 is 0.958 bits per heavy atom. The lowest BCUT2D eigenvalue weighted by Crippen LogP contribution is -2.46. The standard InChI is InChI=1S/C20H18N4/c21-10-9-16-15-5-1-2-7-18(15)20(24-13-11-22-12-14-24)23-19-8-4-3-6-17(16)19/h1-9,22H,11-14H2/b16-9+. The van der Waals surface area contributed by atoms with Crippen LogP contribution in [-0.4, -0.2) is 36.9 Å². The van der Waals surface area contributed by atoms with E-state index < -0.39 is 0 Å². The van der Waals surface area contributed by atoms with E-state index in [1.54, 1.807) is 6.08 Å². The lowest BCUT2D eigenvalue weighted by atomic mass is 9.93. The Hall–Kier alpha value is -2.90. The Labute approximate surface area is 141 Å². The fraction of sp³-hybridized carbons (Fsp3) is 0.200. The number of nitrogens with zero attached hydrogens (tertiary/aromatic N) is 3. The van der Waals surface area contributed by atoms with Gasteiger partial charge in [0.25, 0.3) is 0 Å². The quantitative estimate of drug-likeness (QED) is 0.761. The number of hydrogen-bond donors (Lipinski definition) is 1. The van der Waals surface area contributed by atoms with E-state index in [0.29, 0.717) is 0 Å². The summed E-state index contributed by atoms with van der Waals surface area (Å²) in [5, 5.41) is 12.7. The summed E-state index contributed by atoms with van der Waals surface area (Å²) in [4.78, 5) is 7.34. The summed E-state index contributed by atoms with van der Waals surface area (Å²) < 4.78 is 0. The number of nitrogens with one attached hydrogen (secondary N) is 1. The van der Waals surface area contributed by atoms with Crippen LogP contribution in [0.4, 0.5) is 5.69 Å². The van der Waals surface area contributed by atoms with Crippen molar-refractivity contribution in [3.63, 3.8) is 0 Å². The second-order valence-electron chi connectivity index (χ2n) is 5.92. The highest BCUT2D eigenvalue weighted by Gasteiger charge is 2.24. The lowest BCUT2D eigenvalue weighted by molar-refractivity contribution is 0.358. The molecule has 0 aromatic heterocycles. The van der Waals surface area contributed by atoms with Crippen LogP contribution < -0.4 is 5.32 Å². The first-order chi connectivity index (χ1) is 11.9. The molecule has 0 radical (unpaired) electrons. The number of rotatable bonds is 0. The molecule has 0 amide bonds. The molecule has 0 saturated carbocycles. The average Bonchev–Trinajstić information content (AvgIpc) is 2.78. The Bertz CT molecular complexity index is 867. The normalized spacial score (nSPS) is 18.2. The fourth-order valence-corrected chi connectivity index (χ4v) is 3.37. The maximum Gasteiger partial charge on any atom is 0.137 e. The fourth-order valence-electron chi connectivity index (χ4n) is 3.37. The molecule has 0 atom stereocenters. The number of nitriles is 1. The average molecular weight is 314 g/mol. The van der Waals surface area contributed by atoms with Crippen molar-refractivity contribution in [2.75, 3.05) is 26.2 Å². The van der Waals surface area contributed by atoms with Gasteiger partial charge in [-0.15, -0.1) is 0 Å². The molecule has 4 heteroatoms. The molecule has 2 aromatic rings. The third kappa shape index (κ3) is 2.49. The van der Waals surface area contributed by atoms with Gasteiger partial charge in [-0.05, 0) is 11.6 Å². The van der Waals surface area contributed by atoms with Crippen molar-refractivity contribution in [3.05, 3.63) is 71.3 Å². The molecule has 4 nitrogen and oxygen atoms in total. The zero-order valence-electron chi connectivity index (χ0n) is 13.4. The minimum Gasteiger partial charge on any atom is -0.354 e. The highest BCUT2D eigenvalue weighted by atomic mass is 15.2. The summed E-state index contributed by atoms with van der Waals surface area (Å²) in [6.45, 7) is 3.80. The van der Waals surface area contributed by atoms with E-state index in [9.17, 15) is 5.26 Å². The van der Waals surface area contributed by atoms with Gasteiger partial charge in [-0.25, -0.2) is 4.99 Å². The van der Waals surface area contributed by atoms with E-state index in [4.69, 9.17) is 4.99 Å². The first kappa shape index (κ1) is 14.7. The van der Waals surface area contributed by atoms with Crippen LogP contribution in [0.3, 0.4) is 0 Å². The number of amidine groups is 1. The predicted octanol–water partition coefficient (Wildman–Crippen LogP) is 2.94. The molecule has 2 heterocycles. The van der Waals surface area contributed by atoms with Crippen molar-refractivity contribution < 1.29 is 0 Å². The number of hydrogen-bond acceptors (Lipinski definition) is 4. The molecule has 1 saturated heterocycles. The van der Waals surface area contributed by atoms with Crippen molar-refractivity contribution in [1.29, 1.82) is 5.26 Å². The first-order valence-corrected chi connectivity index (χ1v) is 8.22. The monoisotopic (exact) mass is 314 g/mol. The van der Waals surface area contributed by atoms with Crippen molar-refractivity contribution in [1.82, 2.24) is 10.2 Å². The minimum absolute atomic E-state index is 0.920. The number of allylic oxidation sites excluding steroid dienone is 1. The van der Waals surface area contributed by atoms with Crippen molar-refractivity contribution in [3.8, 4) is 6.07 Å². The van der Waals surface area contributed by atoms with E-state index in [0.717, 1.165) is 60.0 Å². The van der Waals surface area contributed by atoms with Crippen molar-refractivity contribution in [2.24, 2.45) is 4.99 Å². The zero-order valence-corrected chi connectivity index (χ0v) is 13.4. The Kier molecular flexibility index (Phi) is 3.86. The van der Waals surface area contributed by atoms with Gasteiger partial charge < -0.3 is 10.2 Å². The van der Waals surface area contributed by atoms with Gasteiger partial charge >= 0.3 is 0 Å². The molecule has 0 aliphatic carbocycles. The second-order valence-corrected chi connectivity index (χ2v) is 5.92. The summed E-state index contributed by atoms with van der Waals surface area (Å²) in [5.74, 6) is 1.00. The van der Waals surface area contributed by atoms with Gasteiger partial charge in [-0.3, -0.25) is 0 Å². The zero-order chi connectivity index (χ0) is 16.4. The summed E-state index contributed by atoms with van der Waals surface area (Å²) in [7, 11) is 0. The smallest absolute Gasteiger partial charge is 0.137 e. The summed E-state index contributed by atoms with van der Waals surface area (Å²) >= 11 is 0. The van der Waals surface area contributed by atoms with E-state index >= 15 is 0 Å². The molecule has 1 fully saturated rings. The van der Waals surface area contributed by atoms with Crippen LogP contribution in [0, 0.1) is 11.3 Å². The third-order valence-corrected chi connectivity index (χ3v) is 4.50. The van der Waals surface area contributed by atoms with Crippen LogP contribution in [0.5, 0.6) is 0 Å². The highest BCUT2D eigenvalue weighted by Crippen LogP contribution is 2.37. The SMILES string of the molecule is N#C/C=C1/c2ccccc2N=C(N2CCNCC2)c2ccccc21. The van der Waals surface area contributed by atoms with Crippen LogP contribution in [-0.2, 0) is 0 Å². The summed E-state index contributed by atoms with van der Waals surface area (Å²) in [5.41, 5.74) is 5.04. The highest BCUT2D eigenvalue weighted by molar-refractivity contribution is 6.08. The molecule has 2 aliphatic heterocycles. The van der Waals surface area contributed by atoms with Crippen molar-refractivity contribution in [2.45, 2.75) is 0 Å². The predicted molar refractivity (Wildman–Crippen MR) is 96.2 cm³/mol. The van der Waals surface area contributed by atoms with Crippen LogP contribution in [0.25, 0.3) is 5.57 Å². The molecule has 2 aromatic carbocycles. The van der Waals surface area contributed by atoms with E-state index in [-0.39, 0.29) is 0 Å². The molecule has 0 bridgehead atoms. The minimum atomic E-state index is 0.920. The van der Waals surface area contributed by atoms with Crippen LogP contribution >= 0.6 is 0 Å². The van der Waals surface area contributed by atoms with E-state index in [1.807, 2.05) is 36.4 Å². The van der Waals surface area contributed by atoms with E-state index in [1.165, 1.54) is 0 Å².